The SMILES string of the molecule is O=C(Nc1ccc(N2CCCC2)nc1)c1cccc(S(=O)(=O)N2CCCc3ccccc32)c1. The lowest BCUT2D eigenvalue weighted by Crippen LogP contribution is -2.35. The summed E-state index contributed by atoms with van der Waals surface area (Å²) >= 11 is 0. The number of nitrogens with one attached hydrogen (secondary N) is 1. The third-order valence-corrected chi connectivity index (χ3v) is 8.00. The second-order valence-corrected chi connectivity index (χ2v) is 10.3. The summed E-state index contributed by atoms with van der Waals surface area (Å²) < 4.78 is 28.3. The number of hydrogen-bond donors (Lipinski definition) is 1. The van der Waals surface area contributed by atoms with E-state index in [9.17, 15) is 13.2 Å². The number of rotatable bonds is 5. The lowest BCUT2D eigenvalue weighted by atomic mass is 10.0. The van der Waals surface area contributed by atoms with Crippen molar-refractivity contribution >= 4 is 33.1 Å². The number of amides is 1. The Hall–Kier alpha value is -3.39. The third-order valence-electron chi connectivity index (χ3n) is 6.19. The molecule has 0 bridgehead atoms. The van der Waals surface area contributed by atoms with Crippen molar-refractivity contribution in [3.05, 3.63) is 78.0 Å². The highest BCUT2D eigenvalue weighted by Gasteiger charge is 2.29. The van der Waals surface area contributed by atoms with E-state index in [-0.39, 0.29) is 16.4 Å². The second kappa shape index (κ2) is 8.86. The van der Waals surface area contributed by atoms with Crippen LogP contribution in [-0.4, -0.2) is 38.9 Å². The lowest BCUT2D eigenvalue weighted by molar-refractivity contribution is 0.102. The summed E-state index contributed by atoms with van der Waals surface area (Å²) in [5.41, 5.74) is 2.58. The average Bonchev–Trinajstić information content (AvgIpc) is 3.39. The minimum atomic E-state index is -3.78. The van der Waals surface area contributed by atoms with E-state index >= 15 is 0 Å². The molecule has 8 heteroatoms. The average molecular weight is 463 g/mol. The van der Waals surface area contributed by atoms with Gasteiger partial charge in [0.2, 0.25) is 0 Å². The van der Waals surface area contributed by atoms with Gasteiger partial charge in [-0.1, -0.05) is 24.3 Å². The summed E-state index contributed by atoms with van der Waals surface area (Å²) in [6, 6.07) is 17.5. The molecular formula is C25H26N4O3S. The van der Waals surface area contributed by atoms with Crippen molar-refractivity contribution in [3.8, 4) is 0 Å². The lowest BCUT2D eigenvalue weighted by Gasteiger charge is -2.30. The number of benzene rings is 2. The van der Waals surface area contributed by atoms with E-state index in [1.54, 1.807) is 18.3 Å². The number of fused-ring (bicyclic) bond motifs is 1. The molecule has 1 amide bonds. The summed E-state index contributed by atoms with van der Waals surface area (Å²) in [4.78, 5) is 19.6. The highest BCUT2D eigenvalue weighted by Crippen LogP contribution is 2.32. The maximum Gasteiger partial charge on any atom is 0.264 e. The largest absolute Gasteiger partial charge is 0.357 e. The molecule has 0 aliphatic carbocycles. The first kappa shape index (κ1) is 21.5. The van der Waals surface area contributed by atoms with Crippen LogP contribution in [0.2, 0.25) is 0 Å². The smallest absolute Gasteiger partial charge is 0.264 e. The first-order chi connectivity index (χ1) is 16.0. The maximum absolute atomic E-state index is 13.4. The standard InChI is InChI=1S/C25H26N4O3S/c30-25(27-21-12-13-24(26-18-21)28-14-3-4-15-28)20-8-5-10-22(17-20)33(31,32)29-16-6-9-19-7-1-2-11-23(19)29/h1-2,5,7-8,10-13,17-18H,3-4,6,9,14-16H2,(H,27,30). The fraction of sp³-hybridized carbons (Fsp3) is 0.280. The summed E-state index contributed by atoms with van der Waals surface area (Å²) in [7, 11) is -3.78. The molecule has 1 fully saturated rings. The van der Waals surface area contributed by atoms with Gasteiger partial charge in [-0.3, -0.25) is 9.10 Å². The van der Waals surface area contributed by atoms with E-state index in [2.05, 4.69) is 15.2 Å². The Bertz CT molecular complexity index is 1270. The van der Waals surface area contributed by atoms with Crippen LogP contribution in [0.5, 0.6) is 0 Å². The number of anilines is 3. The van der Waals surface area contributed by atoms with Crippen LogP contribution >= 0.6 is 0 Å². The van der Waals surface area contributed by atoms with Crippen LogP contribution < -0.4 is 14.5 Å². The number of aryl methyl sites for hydroxylation is 1. The normalized spacial score (nSPS) is 15.9. The van der Waals surface area contributed by atoms with Crippen LogP contribution in [0.1, 0.15) is 35.2 Å². The van der Waals surface area contributed by atoms with Crippen molar-refractivity contribution in [2.24, 2.45) is 0 Å². The zero-order valence-electron chi connectivity index (χ0n) is 18.3. The fourth-order valence-electron chi connectivity index (χ4n) is 4.47. The molecule has 7 nitrogen and oxygen atoms in total. The molecule has 170 valence electrons. The number of pyridine rings is 1. The van der Waals surface area contributed by atoms with Crippen LogP contribution in [0, 0.1) is 0 Å². The Labute approximate surface area is 194 Å². The Morgan fingerprint density at radius 1 is 0.909 bits per heavy atom. The Morgan fingerprint density at radius 2 is 1.73 bits per heavy atom. The number of para-hydroxylation sites is 1. The molecule has 0 saturated carbocycles. The molecule has 1 aromatic heterocycles. The topological polar surface area (TPSA) is 82.6 Å². The molecule has 2 aromatic carbocycles. The molecule has 0 unspecified atom stereocenters. The quantitative estimate of drug-likeness (QED) is 0.618. The predicted molar refractivity (Wildman–Crippen MR) is 129 cm³/mol. The molecule has 0 radical (unpaired) electrons. The van der Waals surface area contributed by atoms with Crippen LogP contribution in [0.25, 0.3) is 0 Å². The van der Waals surface area contributed by atoms with Gasteiger partial charge < -0.3 is 10.2 Å². The van der Waals surface area contributed by atoms with Gasteiger partial charge in [-0.25, -0.2) is 13.4 Å². The van der Waals surface area contributed by atoms with Crippen molar-refractivity contribution in [2.75, 3.05) is 34.2 Å². The van der Waals surface area contributed by atoms with Crippen LogP contribution in [-0.2, 0) is 16.4 Å². The maximum atomic E-state index is 13.4. The van der Waals surface area contributed by atoms with Gasteiger partial charge >= 0.3 is 0 Å². The molecule has 1 saturated heterocycles. The molecule has 1 N–H and O–H groups in total. The van der Waals surface area contributed by atoms with E-state index in [0.29, 0.717) is 17.9 Å². The van der Waals surface area contributed by atoms with Gasteiger partial charge in [-0.15, -0.1) is 0 Å². The highest BCUT2D eigenvalue weighted by molar-refractivity contribution is 7.92. The van der Waals surface area contributed by atoms with E-state index < -0.39 is 10.0 Å². The second-order valence-electron chi connectivity index (χ2n) is 8.39. The molecular weight excluding hydrogens is 436 g/mol. The zero-order valence-corrected chi connectivity index (χ0v) is 19.1. The number of carbonyl (C=O) groups excluding carboxylic acids is 1. The summed E-state index contributed by atoms with van der Waals surface area (Å²) in [5.74, 6) is 0.530. The fourth-order valence-corrected chi connectivity index (χ4v) is 6.06. The number of hydrogen-bond acceptors (Lipinski definition) is 5. The monoisotopic (exact) mass is 462 g/mol. The van der Waals surface area contributed by atoms with Gasteiger partial charge in [0.15, 0.2) is 0 Å². The van der Waals surface area contributed by atoms with Gasteiger partial charge in [0.1, 0.15) is 5.82 Å². The van der Waals surface area contributed by atoms with Crippen LogP contribution in [0.3, 0.4) is 0 Å². The minimum absolute atomic E-state index is 0.106. The van der Waals surface area contributed by atoms with Crippen LogP contribution in [0.4, 0.5) is 17.2 Å². The summed E-state index contributed by atoms with van der Waals surface area (Å²) in [6.07, 6.45) is 5.59. The van der Waals surface area contributed by atoms with Crippen molar-refractivity contribution in [3.63, 3.8) is 0 Å². The first-order valence-corrected chi connectivity index (χ1v) is 12.7. The molecule has 2 aliphatic heterocycles. The van der Waals surface area contributed by atoms with Gasteiger partial charge in [0, 0.05) is 25.2 Å². The number of carbonyl (C=O) groups is 1. The van der Waals surface area contributed by atoms with E-state index in [0.717, 1.165) is 37.3 Å². The molecule has 3 aromatic rings. The van der Waals surface area contributed by atoms with Crippen molar-refractivity contribution in [1.82, 2.24) is 4.98 Å². The van der Waals surface area contributed by atoms with Crippen molar-refractivity contribution in [2.45, 2.75) is 30.6 Å². The predicted octanol–water partition coefficient (Wildman–Crippen LogP) is 4.08. The summed E-state index contributed by atoms with van der Waals surface area (Å²) in [5, 5.41) is 2.82. The number of sulfonamides is 1. The number of nitrogens with zero attached hydrogens (tertiary/aromatic N) is 3. The van der Waals surface area contributed by atoms with E-state index in [1.807, 2.05) is 36.4 Å². The van der Waals surface area contributed by atoms with Crippen molar-refractivity contribution in [1.29, 1.82) is 0 Å². The molecule has 0 spiro atoms. The van der Waals surface area contributed by atoms with Crippen LogP contribution in [0.15, 0.2) is 71.8 Å². The number of aromatic nitrogens is 1. The minimum Gasteiger partial charge on any atom is -0.357 e. The Morgan fingerprint density at radius 3 is 2.52 bits per heavy atom. The van der Waals surface area contributed by atoms with Gasteiger partial charge in [0.05, 0.1) is 22.5 Å². The van der Waals surface area contributed by atoms with E-state index in [1.165, 1.54) is 29.3 Å². The van der Waals surface area contributed by atoms with Crippen molar-refractivity contribution < 1.29 is 13.2 Å². The Kier molecular flexibility index (Phi) is 5.76. The molecule has 5 rings (SSSR count). The third kappa shape index (κ3) is 4.30. The highest BCUT2D eigenvalue weighted by atomic mass is 32.2. The zero-order chi connectivity index (χ0) is 22.8. The van der Waals surface area contributed by atoms with Gasteiger partial charge in [-0.05, 0) is 67.6 Å². The van der Waals surface area contributed by atoms with Gasteiger partial charge in [-0.2, -0.15) is 0 Å². The van der Waals surface area contributed by atoms with E-state index in [4.69, 9.17) is 0 Å². The summed E-state index contributed by atoms with van der Waals surface area (Å²) in [6.45, 7) is 2.42. The molecule has 3 heterocycles. The Balaban J connectivity index is 1.35. The molecule has 33 heavy (non-hydrogen) atoms. The van der Waals surface area contributed by atoms with Gasteiger partial charge in [0.25, 0.3) is 15.9 Å². The molecule has 2 aliphatic rings. The molecule has 0 atom stereocenters. The first-order valence-electron chi connectivity index (χ1n) is 11.3.